The van der Waals surface area contributed by atoms with E-state index in [0.29, 0.717) is 0 Å². The van der Waals surface area contributed by atoms with E-state index in [-0.39, 0.29) is 151 Å². The first-order valence-corrected chi connectivity index (χ1v) is 0. The molecular weight excluding hydrogens is 658 g/mol. The van der Waals surface area contributed by atoms with Crippen LogP contribution in [0.3, 0.4) is 0 Å². The third-order valence-electron chi connectivity index (χ3n) is 0. The monoisotopic (exact) mass is 664 g/mol. The Morgan fingerprint density at radius 1 is 0.500 bits per heavy atom. The van der Waals surface area contributed by atoms with Crippen molar-refractivity contribution in [1.82, 2.24) is 0 Å². The van der Waals surface area contributed by atoms with Crippen molar-refractivity contribution in [3.8, 4) is 0 Å². The van der Waals surface area contributed by atoms with Crippen molar-refractivity contribution in [3.05, 3.63) is 0 Å². The second kappa shape index (κ2) is 33.4. The smallest absolute Gasteiger partial charge is 1.00 e. The fourth-order valence-electron chi connectivity index (χ4n) is 0. The molecule has 0 nitrogen and oxygen atoms in total. The molecule has 6 heteroatoms. The Morgan fingerprint density at radius 2 is 0.500 bits per heavy atom. The van der Waals surface area contributed by atoms with Gasteiger partial charge in [-0.1, -0.05) is 0 Å². The van der Waals surface area contributed by atoms with Gasteiger partial charge in [-0.15, -0.1) is 120 Å². The molecule has 0 bridgehead atoms. The van der Waals surface area contributed by atoms with Gasteiger partial charge in [-0.2, -0.15) is 0 Å². The van der Waals surface area contributed by atoms with Gasteiger partial charge in [0.1, 0.15) is 0 Å². The molecule has 0 rings (SSSR count). The van der Waals surface area contributed by atoms with Gasteiger partial charge in [-0.25, -0.2) is 0 Å². The predicted molar refractivity (Wildman–Crippen MR) is 78.2 cm³/mol. The molecule has 0 amide bonds. The van der Waals surface area contributed by atoms with Crippen LogP contribution in [0.4, 0.5) is 0 Å². The fraction of sp³-hybridized carbons (Fsp3) is 0. The Morgan fingerprint density at radius 3 is 0.500 bits per heavy atom. The molecule has 6 heavy (non-hydrogen) atoms. The van der Waals surface area contributed by atoms with E-state index in [1.807, 2.05) is 0 Å². The maximum atomic E-state index is 0. The largest absolute Gasteiger partial charge is 1.00 e. The average Bonchev–Trinajstić information content (AvgIpc) is 0. The Labute approximate surface area is 147 Å². The van der Waals surface area contributed by atoms with Crippen molar-refractivity contribution in [2.75, 3.05) is 0 Å². The molecule has 0 heterocycles. The molecule has 0 aliphatic heterocycles. The molecule has 42 valence electrons. The zero-order chi connectivity index (χ0) is 0. The summed E-state index contributed by atoms with van der Waals surface area (Å²) in [7, 11) is 0. The van der Waals surface area contributed by atoms with Crippen molar-refractivity contribution >= 4 is 120 Å². The molecule has 0 atom stereocenters. The van der Waals surface area contributed by atoms with Gasteiger partial charge in [0.05, 0.1) is 0 Å². The predicted octanol–water partition coefficient (Wildman–Crippen LogP) is 0.207. The maximum absolute atomic E-state index is 0. The zero-order valence-electron chi connectivity index (χ0n) is 4.04. The Bertz CT molecular complexity index is 8.04. The third-order valence-corrected chi connectivity index (χ3v) is 0. The van der Waals surface area contributed by atoms with Gasteiger partial charge in [0.15, 0.2) is 0 Å². The van der Waals surface area contributed by atoms with Crippen molar-refractivity contribution in [2.45, 2.75) is 0 Å². The molecule has 0 aliphatic rings. The van der Waals surface area contributed by atoms with Crippen LogP contribution in [-0.4, -0.2) is 0 Å². The first-order valence-electron chi connectivity index (χ1n) is 0. The quantitative estimate of drug-likeness (QED) is 0.257. The Kier molecular flexibility index (Phi) is 255. The summed E-state index contributed by atoms with van der Waals surface area (Å²) in [5.41, 5.74) is 0. The van der Waals surface area contributed by atoms with Crippen LogP contribution in [0.15, 0.2) is 0 Å². The molecule has 0 aliphatic carbocycles. The van der Waals surface area contributed by atoms with Crippen molar-refractivity contribution in [2.24, 2.45) is 0 Å². The summed E-state index contributed by atoms with van der Waals surface area (Å²) in [6.07, 6.45) is 0. The van der Waals surface area contributed by atoms with E-state index in [1.165, 1.54) is 0 Å². The topological polar surface area (TPSA) is 0 Å². The van der Waals surface area contributed by atoms with Gasteiger partial charge >= 0.3 is 29.6 Å². The summed E-state index contributed by atoms with van der Waals surface area (Å²) < 4.78 is 0. The molecule has 0 spiro atoms. The van der Waals surface area contributed by atoms with E-state index >= 15 is 0 Å². The molecule has 0 saturated heterocycles. The minimum Gasteiger partial charge on any atom is -1.00 e. The number of rotatable bonds is 0. The van der Waals surface area contributed by atoms with E-state index in [9.17, 15) is 0 Å². The van der Waals surface area contributed by atoms with Gasteiger partial charge in [0.25, 0.3) is 0 Å². The van der Waals surface area contributed by atoms with Crippen LogP contribution in [0, 0.1) is 0 Å². The molecule has 0 N–H and O–H groups in total. The van der Waals surface area contributed by atoms with Gasteiger partial charge in [0.2, 0.25) is 0 Å². The minimum atomic E-state index is 0. The average molecular weight is 664 g/mol. The van der Waals surface area contributed by atoms with E-state index in [1.54, 1.807) is 0 Å². The second-order valence-electron chi connectivity index (χ2n) is 0. The molecule has 0 radical (unpaired) electrons. The first kappa shape index (κ1) is 45.9. The summed E-state index contributed by atoms with van der Waals surface area (Å²) in [4.78, 5) is 0. The summed E-state index contributed by atoms with van der Waals surface area (Å²) in [6, 6.07) is 0. The molecule has 0 unspecified atom stereocenters. The minimum absolute atomic E-state index is 0. The van der Waals surface area contributed by atoms with E-state index in [2.05, 4.69) is 0 Å². The van der Waals surface area contributed by atoms with Crippen LogP contribution >= 0.6 is 120 Å². The molecular formula is H6I5Na. The number of hydrogen-bond acceptors (Lipinski definition) is 0. The van der Waals surface area contributed by atoms with Crippen LogP contribution in [-0.2, 0) is 0 Å². The fourth-order valence-corrected chi connectivity index (χ4v) is 0. The van der Waals surface area contributed by atoms with Gasteiger partial charge < -0.3 is 1.43 Å². The number of halogens is 5. The van der Waals surface area contributed by atoms with Crippen molar-refractivity contribution < 1.29 is 31.0 Å². The van der Waals surface area contributed by atoms with Crippen LogP contribution in [0.1, 0.15) is 1.43 Å². The van der Waals surface area contributed by atoms with Crippen LogP contribution in [0.5, 0.6) is 0 Å². The molecule has 0 aromatic rings. The second-order valence-corrected chi connectivity index (χ2v) is 0. The van der Waals surface area contributed by atoms with Crippen LogP contribution in [0.2, 0.25) is 0 Å². The van der Waals surface area contributed by atoms with Crippen LogP contribution in [0.25, 0.3) is 0 Å². The molecule has 0 saturated carbocycles. The van der Waals surface area contributed by atoms with Gasteiger partial charge in [-0.05, 0) is 0 Å². The van der Waals surface area contributed by atoms with Gasteiger partial charge in [-0.3, -0.25) is 0 Å². The van der Waals surface area contributed by atoms with E-state index < -0.39 is 0 Å². The maximum Gasteiger partial charge on any atom is 1.00 e. The SMILES string of the molecule is I.I.I.I.I.[H-].[Na+]. The first-order chi connectivity index (χ1) is 0. The van der Waals surface area contributed by atoms with E-state index in [0.717, 1.165) is 0 Å². The van der Waals surface area contributed by atoms with E-state index in [4.69, 9.17) is 0 Å². The standard InChI is InChI=1S/5HI.Na.H/h5*1H;;/q;;;;;+1;-1. The third kappa shape index (κ3) is 23.4. The van der Waals surface area contributed by atoms with Crippen LogP contribution < -0.4 is 29.6 Å². The summed E-state index contributed by atoms with van der Waals surface area (Å²) >= 11 is 0. The normalized spacial score (nSPS) is 0. The van der Waals surface area contributed by atoms with Crippen molar-refractivity contribution in [3.63, 3.8) is 0 Å². The Balaban J connectivity index is 0. The Hall–Kier alpha value is 4.65. The summed E-state index contributed by atoms with van der Waals surface area (Å²) in [5.74, 6) is 0. The molecule has 0 fully saturated rings. The van der Waals surface area contributed by atoms with Crippen molar-refractivity contribution in [1.29, 1.82) is 0 Å². The number of hydrogen-bond donors (Lipinski definition) is 0. The molecule has 0 aromatic carbocycles. The van der Waals surface area contributed by atoms with Gasteiger partial charge in [0, 0.05) is 0 Å². The summed E-state index contributed by atoms with van der Waals surface area (Å²) in [6.45, 7) is 0. The molecule has 0 aromatic heterocycles. The summed E-state index contributed by atoms with van der Waals surface area (Å²) in [5, 5.41) is 0. The zero-order valence-corrected chi connectivity index (χ0v) is 16.7.